The number of fused-ring (bicyclic) bond motifs is 1. The molecular weight excluding hydrogens is 472 g/mol. The summed E-state index contributed by atoms with van der Waals surface area (Å²) in [5.41, 5.74) is 2.45. The van der Waals surface area contributed by atoms with Crippen molar-refractivity contribution >= 4 is 39.8 Å². The lowest BCUT2D eigenvalue weighted by Gasteiger charge is -2.10. The first-order valence-corrected chi connectivity index (χ1v) is 11.1. The Balaban J connectivity index is 1.40. The van der Waals surface area contributed by atoms with Crippen LogP contribution in [0.3, 0.4) is 0 Å². The molecule has 12 heteroatoms. The first kappa shape index (κ1) is 22.1. The van der Waals surface area contributed by atoms with E-state index in [0.717, 1.165) is 16.8 Å². The number of ether oxygens (including phenoxy) is 1. The van der Waals surface area contributed by atoms with Gasteiger partial charge in [-0.1, -0.05) is 40.9 Å². The number of furan rings is 1. The van der Waals surface area contributed by atoms with E-state index in [0.29, 0.717) is 5.39 Å². The van der Waals surface area contributed by atoms with E-state index in [-0.39, 0.29) is 41.1 Å². The Labute approximate surface area is 201 Å². The van der Waals surface area contributed by atoms with Crippen molar-refractivity contribution in [1.29, 1.82) is 0 Å². The van der Waals surface area contributed by atoms with Gasteiger partial charge in [0.2, 0.25) is 5.82 Å². The van der Waals surface area contributed by atoms with Crippen LogP contribution >= 0.6 is 11.5 Å². The molecule has 0 fully saturated rings. The Bertz CT molecular complexity index is 1530. The Kier molecular flexibility index (Phi) is 5.85. The zero-order chi connectivity index (χ0) is 24.4. The van der Waals surface area contributed by atoms with Crippen molar-refractivity contribution in [2.24, 2.45) is 0 Å². The number of carbonyl (C=O) groups excluding carboxylic acids is 1. The number of nitrogens with one attached hydrogen (secondary N) is 1. The van der Waals surface area contributed by atoms with Gasteiger partial charge in [0.05, 0.1) is 4.92 Å². The van der Waals surface area contributed by atoms with Gasteiger partial charge < -0.3 is 14.5 Å². The fraction of sp³-hybridized carbons (Fsp3) is 0.0870. The summed E-state index contributed by atoms with van der Waals surface area (Å²) in [5, 5.41) is 21.4. The topological polar surface area (TPSA) is 146 Å². The number of ketones is 1. The van der Waals surface area contributed by atoms with Gasteiger partial charge in [0.1, 0.15) is 12.0 Å². The molecule has 0 aliphatic carbocycles. The fourth-order valence-corrected chi connectivity index (χ4v) is 3.86. The number of hydrogen-bond donors (Lipinski definition) is 1. The molecule has 5 rings (SSSR count). The van der Waals surface area contributed by atoms with E-state index in [1.807, 2.05) is 29.6 Å². The van der Waals surface area contributed by atoms with Gasteiger partial charge in [-0.05, 0) is 29.2 Å². The molecule has 0 aliphatic heterocycles. The summed E-state index contributed by atoms with van der Waals surface area (Å²) in [6, 6.07) is 14.2. The second-order valence-corrected chi connectivity index (χ2v) is 8.03. The third-order valence-electron chi connectivity index (χ3n) is 5.10. The second kappa shape index (κ2) is 9.27. The number of anilines is 1. The Morgan fingerprint density at radius 2 is 2.03 bits per heavy atom. The van der Waals surface area contributed by atoms with Crippen LogP contribution in [-0.2, 0) is 6.54 Å². The lowest BCUT2D eigenvalue weighted by Crippen LogP contribution is -2.07. The molecule has 0 unspecified atom stereocenters. The molecule has 35 heavy (non-hydrogen) atoms. The summed E-state index contributed by atoms with van der Waals surface area (Å²) < 4.78 is 15.2. The van der Waals surface area contributed by atoms with Crippen molar-refractivity contribution in [3.8, 4) is 22.9 Å². The zero-order valence-corrected chi connectivity index (χ0v) is 19.0. The molecule has 0 saturated heterocycles. The van der Waals surface area contributed by atoms with Crippen molar-refractivity contribution in [2.45, 2.75) is 13.5 Å². The van der Waals surface area contributed by atoms with Gasteiger partial charge in [0.25, 0.3) is 0 Å². The molecule has 3 aromatic heterocycles. The third-order valence-corrected chi connectivity index (χ3v) is 5.61. The van der Waals surface area contributed by atoms with Crippen LogP contribution in [0, 0.1) is 10.1 Å². The molecule has 0 aliphatic rings. The highest BCUT2D eigenvalue weighted by Gasteiger charge is 2.26. The Morgan fingerprint density at radius 3 is 2.74 bits per heavy atom. The summed E-state index contributed by atoms with van der Waals surface area (Å²) in [6.45, 7) is 1.66. The fourth-order valence-electron chi connectivity index (χ4n) is 3.40. The number of hydrogen-bond acceptors (Lipinski definition) is 11. The van der Waals surface area contributed by atoms with Crippen LogP contribution in [-0.4, -0.2) is 30.3 Å². The van der Waals surface area contributed by atoms with E-state index in [9.17, 15) is 14.9 Å². The van der Waals surface area contributed by atoms with E-state index in [1.165, 1.54) is 24.8 Å². The van der Waals surface area contributed by atoms with E-state index in [1.54, 1.807) is 24.3 Å². The van der Waals surface area contributed by atoms with Gasteiger partial charge in [-0.3, -0.25) is 14.9 Å². The summed E-state index contributed by atoms with van der Waals surface area (Å²) in [6.07, 6.45) is 1.17. The van der Waals surface area contributed by atoms with Crippen LogP contribution in [0.25, 0.3) is 22.2 Å². The quantitative estimate of drug-likeness (QED) is 0.174. The van der Waals surface area contributed by atoms with Crippen LogP contribution in [0.2, 0.25) is 0 Å². The van der Waals surface area contributed by atoms with Gasteiger partial charge in [-0.25, -0.2) is 4.98 Å². The Hall–Kier alpha value is -4.71. The average molecular weight is 488 g/mol. The number of nitrogens with zero attached hydrogens (tertiary/aromatic N) is 5. The van der Waals surface area contributed by atoms with Crippen LogP contribution in [0.5, 0.6) is 11.6 Å². The summed E-state index contributed by atoms with van der Waals surface area (Å²) in [5.74, 6) is -0.151. The number of rotatable bonds is 8. The number of aromatic nitrogens is 4. The monoisotopic (exact) mass is 488 g/mol. The SMILES string of the molecule is CC(=O)c1cc2cccc(Oc3ncnc(NCc4ccc(-c5csnn5)cc4)c3[N+](=O)[O-])c2o1. The molecule has 2 aromatic carbocycles. The van der Waals surface area contributed by atoms with E-state index >= 15 is 0 Å². The maximum absolute atomic E-state index is 11.9. The predicted octanol–water partition coefficient (Wildman–Crippen LogP) is 5.26. The smallest absolute Gasteiger partial charge is 0.373 e. The molecule has 1 N–H and O–H groups in total. The molecule has 0 radical (unpaired) electrons. The first-order chi connectivity index (χ1) is 17.0. The average Bonchev–Trinajstić information content (AvgIpc) is 3.54. The number of para-hydroxylation sites is 1. The normalized spacial score (nSPS) is 10.9. The highest BCUT2D eigenvalue weighted by atomic mass is 32.1. The highest BCUT2D eigenvalue weighted by Crippen LogP contribution is 2.37. The van der Waals surface area contributed by atoms with Crippen molar-refractivity contribution in [3.63, 3.8) is 0 Å². The first-order valence-electron chi connectivity index (χ1n) is 10.3. The molecular formula is C23H16N6O5S. The third kappa shape index (κ3) is 4.54. The summed E-state index contributed by atoms with van der Waals surface area (Å²) in [4.78, 5) is 31.0. The van der Waals surface area contributed by atoms with Crippen molar-refractivity contribution in [2.75, 3.05) is 5.32 Å². The van der Waals surface area contributed by atoms with E-state index < -0.39 is 10.6 Å². The molecule has 5 aromatic rings. The standard InChI is InChI=1S/C23H16N6O5S/c1-13(30)19-9-16-3-2-4-18(21(16)33-19)34-23-20(29(31)32)22(25-12-26-23)24-10-14-5-7-15(8-6-14)17-11-35-28-27-17/h2-9,11-12H,10H2,1H3,(H,24,25,26). The molecule has 0 bridgehead atoms. The van der Waals surface area contributed by atoms with Gasteiger partial charge in [-0.15, -0.1) is 5.10 Å². The minimum absolute atomic E-state index is 0.00354. The summed E-state index contributed by atoms with van der Waals surface area (Å²) in [7, 11) is 0. The minimum atomic E-state index is -0.612. The van der Waals surface area contributed by atoms with Gasteiger partial charge in [-0.2, -0.15) is 4.98 Å². The highest BCUT2D eigenvalue weighted by molar-refractivity contribution is 7.03. The van der Waals surface area contributed by atoms with Crippen molar-refractivity contribution in [1.82, 2.24) is 19.6 Å². The summed E-state index contributed by atoms with van der Waals surface area (Å²) >= 11 is 1.27. The number of nitro groups is 1. The maximum Gasteiger partial charge on any atom is 0.373 e. The van der Waals surface area contributed by atoms with Crippen LogP contribution in [0.4, 0.5) is 11.5 Å². The second-order valence-electron chi connectivity index (χ2n) is 7.42. The number of Topliss-reactive ketones (excluding diaryl/α,β-unsaturated/α-hetero) is 1. The van der Waals surface area contributed by atoms with Crippen LogP contribution < -0.4 is 10.1 Å². The van der Waals surface area contributed by atoms with Gasteiger partial charge in [0, 0.05) is 29.8 Å². The maximum atomic E-state index is 11.9. The van der Waals surface area contributed by atoms with Crippen LogP contribution in [0.1, 0.15) is 23.0 Å². The molecule has 174 valence electrons. The van der Waals surface area contributed by atoms with E-state index in [2.05, 4.69) is 24.9 Å². The van der Waals surface area contributed by atoms with E-state index in [4.69, 9.17) is 9.15 Å². The van der Waals surface area contributed by atoms with Gasteiger partial charge in [0.15, 0.2) is 22.9 Å². The molecule has 0 saturated carbocycles. The van der Waals surface area contributed by atoms with Crippen molar-refractivity contribution < 1.29 is 18.9 Å². The zero-order valence-electron chi connectivity index (χ0n) is 18.2. The number of carbonyl (C=O) groups is 1. The lowest BCUT2D eigenvalue weighted by atomic mass is 10.1. The van der Waals surface area contributed by atoms with Crippen LogP contribution in [0.15, 0.2) is 64.7 Å². The molecule has 0 atom stereocenters. The Morgan fingerprint density at radius 1 is 1.20 bits per heavy atom. The molecule has 11 nitrogen and oxygen atoms in total. The largest absolute Gasteiger partial charge is 0.449 e. The minimum Gasteiger partial charge on any atom is -0.449 e. The molecule has 0 spiro atoms. The lowest BCUT2D eigenvalue weighted by molar-refractivity contribution is -0.385. The van der Waals surface area contributed by atoms with Gasteiger partial charge >= 0.3 is 11.6 Å². The molecule has 3 heterocycles. The predicted molar refractivity (Wildman–Crippen MR) is 128 cm³/mol. The number of benzene rings is 2. The molecule has 0 amide bonds. The van der Waals surface area contributed by atoms with Crippen molar-refractivity contribution in [3.05, 3.63) is 81.7 Å².